The summed E-state index contributed by atoms with van der Waals surface area (Å²) >= 11 is 6.20. The molecule has 1 aromatic rings. The zero-order valence-electron chi connectivity index (χ0n) is 16.7. The van der Waals surface area contributed by atoms with E-state index in [9.17, 15) is 0 Å². The Balaban J connectivity index is 0.00000364. The molecule has 0 aromatic heterocycles. The highest BCUT2D eigenvalue weighted by Crippen LogP contribution is 2.15. The van der Waals surface area contributed by atoms with Crippen molar-refractivity contribution in [2.45, 2.75) is 33.2 Å². The van der Waals surface area contributed by atoms with Gasteiger partial charge < -0.3 is 20.4 Å². The predicted molar refractivity (Wildman–Crippen MR) is 127 cm³/mol. The quantitative estimate of drug-likeness (QED) is 0.233. The lowest BCUT2D eigenvalue weighted by Crippen LogP contribution is -2.46. The summed E-state index contributed by atoms with van der Waals surface area (Å²) in [5.41, 5.74) is 1.05. The van der Waals surface area contributed by atoms with Crippen LogP contribution in [-0.2, 0) is 6.54 Å². The van der Waals surface area contributed by atoms with Crippen LogP contribution in [0.2, 0.25) is 5.02 Å². The number of halogens is 2. The van der Waals surface area contributed by atoms with Gasteiger partial charge in [0.05, 0.1) is 6.54 Å². The van der Waals surface area contributed by atoms with Crippen LogP contribution in [0.25, 0.3) is 0 Å². The summed E-state index contributed by atoms with van der Waals surface area (Å²) in [6.45, 7) is 14.0. The first-order chi connectivity index (χ1) is 12.7. The van der Waals surface area contributed by atoms with Crippen molar-refractivity contribution in [3.8, 4) is 0 Å². The largest absolute Gasteiger partial charge is 0.357 e. The van der Waals surface area contributed by atoms with E-state index in [0.29, 0.717) is 6.54 Å². The third-order valence-corrected chi connectivity index (χ3v) is 5.18. The van der Waals surface area contributed by atoms with E-state index in [-0.39, 0.29) is 24.0 Å². The van der Waals surface area contributed by atoms with Crippen molar-refractivity contribution in [1.82, 2.24) is 20.4 Å². The summed E-state index contributed by atoms with van der Waals surface area (Å²) in [4.78, 5) is 9.75. The molecule has 1 aromatic carbocycles. The van der Waals surface area contributed by atoms with E-state index in [2.05, 4.69) is 39.3 Å². The third-order valence-electron chi connectivity index (χ3n) is 4.82. The first-order valence-electron chi connectivity index (χ1n) is 9.93. The molecular weight excluding hydrogens is 473 g/mol. The fraction of sp³-hybridized carbons (Fsp3) is 0.650. The summed E-state index contributed by atoms with van der Waals surface area (Å²) < 4.78 is 0. The van der Waals surface area contributed by atoms with Crippen LogP contribution in [0.4, 0.5) is 0 Å². The number of rotatable bonds is 9. The van der Waals surface area contributed by atoms with Crippen molar-refractivity contribution < 1.29 is 0 Å². The summed E-state index contributed by atoms with van der Waals surface area (Å²) in [7, 11) is 0. The monoisotopic (exact) mass is 507 g/mol. The number of piperazine rings is 1. The number of likely N-dealkylation sites (N-methyl/N-ethyl adjacent to an activating group) is 1. The Bertz CT molecular complexity index is 547. The van der Waals surface area contributed by atoms with Crippen LogP contribution in [-0.4, -0.2) is 68.1 Å². The number of benzene rings is 1. The lowest BCUT2D eigenvalue weighted by atomic mass is 10.2. The van der Waals surface area contributed by atoms with E-state index in [1.807, 2.05) is 24.3 Å². The van der Waals surface area contributed by atoms with Crippen molar-refractivity contribution in [1.29, 1.82) is 0 Å². The van der Waals surface area contributed by atoms with Crippen molar-refractivity contribution in [2.24, 2.45) is 4.99 Å². The SMILES string of the molecule is CCNC(=NCc1ccccc1Cl)NCCCCN1CCN(CC)CC1.I. The highest BCUT2D eigenvalue weighted by Gasteiger charge is 2.14. The summed E-state index contributed by atoms with van der Waals surface area (Å²) in [5, 5.41) is 7.51. The molecule has 1 saturated heterocycles. The van der Waals surface area contributed by atoms with Crippen LogP contribution in [0.3, 0.4) is 0 Å². The van der Waals surface area contributed by atoms with E-state index < -0.39 is 0 Å². The van der Waals surface area contributed by atoms with Crippen LogP contribution < -0.4 is 10.6 Å². The van der Waals surface area contributed by atoms with Crippen LogP contribution in [0.15, 0.2) is 29.3 Å². The molecule has 0 saturated carbocycles. The van der Waals surface area contributed by atoms with Gasteiger partial charge in [-0.15, -0.1) is 24.0 Å². The molecule has 1 aliphatic heterocycles. The lowest BCUT2D eigenvalue weighted by Gasteiger charge is -2.34. The van der Waals surface area contributed by atoms with Gasteiger partial charge >= 0.3 is 0 Å². The molecular formula is C20H35ClIN5. The third kappa shape index (κ3) is 9.45. The maximum atomic E-state index is 6.20. The van der Waals surface area contributed by atoms with Crippen molar-refractivity contribution in [3.63, 3.8) is 0 Å². The number of nitrogens with one attached hydrogen (secondary N) is 2. The second kappa shape index (κ2) is 14.4. The van der Waals surface area contributed by atoms with Crippen molar-refractivity contribution >= 4 is 41.5 Å². The predicted octanol–water partition coefficient (Wildman–Crippen LogP) is 3.43. The molecule has 5 nitrogen and oxygen atoms in total. The Morgan fingerprint density at radius 3 is 2.41 bits per heavy atom. The Labute approximate surface area is 186 Å². The summed E-state index contributed by atoms with van der Waals surface area (Å²) in [6.07, 6.45) is 2.38. The second-order valence-electron chi connectivity index (χ2n) is 6.70. The van der Waals surface area contributed by atoms with Crippen LogP contribution in [0.1, 0.15) is 32.3 Å². The maximum Gasteiger partial charge on any atom is 0.191 e. The molecule has 0 radical (unpaired) electrons. The van der Waals surface area contributed by atoms with Gasteiger partial charge in [-0.1, -0.05) is 36.7 Å². The van der Waals surface area contributed by atoms with Gasteiger partial charge in [-0.3, -0.25) is 0 Å². The highest BCUT2D eigenvalue weighted by atomic mass is 127. The molecule has 154 valence electrons. The van der Waals surface area contributed by atoms with Crippen LogP contribution in [0, 0.1) is 0 Å². The van der Waals surface area contributed by atoms with Gasteiger partial charge in [0.2, 0.25) is 0 Å². The van der Waals surface area contributed by atoms with Gasteiger partial charge in [0.15, 0.2) is 5.96 Å². The molecule has 27 heavy (non-hydrogen) atoms. The van der Waals surface area contributed by atoms with Crippen LogP contribution >= 0.6 is 35.6 Å². The molecule has 2 N–H and O–H groups in total. The Morgan fingerprint density at radius 1 is 1.04 bits per heavy atom. The molecule has 0 spiro atoms. The topological polar surface area (TPSA) is 42.9 Å². The van der Waals surface area contributed by atoms with E-state index >= 15 is 0 Å². The van der Waals surface area contributed by atoms with E-state index in [0.717, 1.165) is 36.1 Å². The fourth-order valence-electron chi connectivity index (χ4n) is 3.13. The average molecular weight is 508 g/mol. The molecule has 0 amide bonds. The van der Waals surface area contributed by atoms with E-state index in [1.165, 1.54) is 45.7 Å². The Morgan fingerprint density at radius 2 is 1.74 bits per heavy atom. The smallest absolute Gasteiger partial charge is 0.191 e. The minimum atomic E-state index is 0. The maximum absolute atomic E-state index is 6.20. The lowest BCUT2D eigenvalue weighted by molar-refractivity contribution is 0.136. The number of nitrogens with zero attached hydrogens (tertiary/aromatic N) is 3. The highest BCUT2D eigenvalue weighted by molar-refractivity contribution is 14.0. The Hall–Kier alpha value is -0.570. The normalized spacial score (nSPS) is 16.0. The minimum absolute atomic E-state index is 0. The molecule has 1 fully saturated rings. The number of unbranched alkanes of at least 4 members (excludes halogenated alkanes) is 1. The Kier molecular flexibility index (Phi) is 13.1. The van der Waals surface area contributed by atoms with Gasteiger partial charge in [0.1, 0.15) is 0 Å². The molecule has 0 atom stereocenters. The number of guanidine groups is 1. The molecule has 2 rings (SSSR count). The standard InChI is InChI=1S/C20H34ClN5.HI/c1-3-22-20(24-17-18-9-5-6-10-19(18)21)23-11-7-8-12-26-15-13-25(4-2)14-16-26;/h5-6,9-10H,3-4,7-8,11-17H2,1-2H3,(H2,22,23,24);1H. The van der Waals surface area contributed by atoms with Gasteiger partial charge in [-0.25, -0.2) is 4.99 Å². The fourth-order valence-corrected chi connectivity index (χ4v) is 3.32. The molecule has 1 heterocycles. The summed E-state index contributed by atoms with van der Waals surface area (Å²) in [6, 6.07) is 7.87. The van der Waals surface area contributed by atoms with Gasteiger partial charge in [0, 0.05) is 44.3 Å². The molecule has 7 heteroatoms. The van der Waals surface area contributed by atoms with Gasteiger partial charge in [-0.2, -0.15) is 0 Å². The molecule has 1 aliphatic rings. The average Bonchev–Trinajstić information content (AvgIpc) is 2.67. The molecule has 0 bridgehead atoms. The van der Waals surface area contributed by atoms with Crippen LogP contribution in [0.5, 0.6) is 0 Å². The summed E-state index contributed by atoms with van der Waals surface area (Å²) in [5.74, 6) is 0.865. The molecule has 0 unspecified atom stereocenters. The molecule has 0 aliphatic carbocycles. The van der Waals surface area contributed by atoms with E-state index in [4.69, 9.17) is 11.6 Å². The second-order valence-corrected chi connectivity index (χ2v) is 7.10. The number of hydrogen-bond acceptors (Lipinski definition) is 3. The first kappa shape index (κ1) is 24.5. The number of aliphatic imine (C=N–C) groups is 1. The van der Waals surface area contributed by atoms with Gasteiger partial charge in [-0.05, 0) is 44.5 Å². The van der Waals surface area contributed by atoms with Crippen molar-refractivity contribution in [3.05, 3.63) is 34.9 Å². The van der Waals surface area contributed by atoms with Gasteiger partial charge in [0.25, 0.3) is 0 Å². The zero-order valence-corrected chi connectivity index (χ0v) is 19.8. The minimum Gasteiger partial charge on any atom is -0.357 e. The van der Waals surface area contributed by atoms with Crippen molar-refractivity contribution in [2.75, 3.05) is 52.4 Å². The number of hydrogen-bond donors (Lipinski definition) is 2. The zero-order chi connectivity index (χ0) is 18.6. The van der Waals surface area contributed by atoms with E-state index in [1.54, 1.807) is 0 Å². The first-order valence-corrected chi connectivity index (χ1v) is 10.3.